The molecule has 0 spiro atoms. The molecule has 150 valence electrons. The number of nitrogens with one attached hydrogen (secondary N) is 1. The Morgan fingerprint density at radius 2 is 1.61 bits per heavy atom. The van der Waals surface area contributed by atoms with Crippen molar-refractivity contribution in [1.29, 1.82) is 0 Å². The second-order valence-corrected chi connectivity index (χ2v) is 9.46. The normalized spacial score (nSPS) is 15.5. The highest BCUT2D eigenvalue weighted by atomic mass is 32.2. The van der Waals surface area contributed by atoms with Gasteiger partial charge in [-0.25, -0.2) is 8.42 Å². The largest absolute Gasteiger partial charge is 0.334 e. The number of rotatable bonds is 5. The lowest BCUT2D eigenvalue weighted by molar-refractivity contribution is -0.883. The molecule has 0 atom stereocenters. The molecule has 6 nitrogen and oxygen atoms in total. The molecule has 3 rings (SSSR count). The van der Waals surface area contributed by atoms with Gasteiger partial charge in [-0.1, -0.05) is 29.8 Å². The Morgan fingerprint density at radius 3 is 2.14 bits per heavy atom. The first-order valence-electron chi connectivity index (χ1n) is 9.48. The van der Waals surface area contributed by atoms with E-state index in [0.29, 0.717) is 11.3 Å². The van der Waals surface area contributed by atoms with Gasteiger partial charge in [-0.3, -0.25) is 9.10 Å². The molecule has 28 heavy (non-hydrogen) atoms. The zero-order chi connectivity index (χ0) is 20.3. The van der Waals surface area contributed by atoms with E-state index in [9.17, 15) is 13.2 Å². The fraction of sp³-hybridized carbons (Fsp3) is 0.381. The van der Waals surface area contributed by atoms with Gasteiger partial charge >= 0.3 is 0 Å². The smallest absolute Gasteiger partial charge is 0.254 e. The van der Waals surface area contributed by atoms with E-state index in [1.807, 2.05) is 36.1 Å². The fourth-order valence-electron chi connectivity index (χ4n) is 3.30. The van der Waals surface area contributed by atoms with Crippen molar-refractivity contribution in [2.45, 2.75) is 13.5 Å². The maximum atomic E-state index is 12.7. The third-order valence-corrected chi connectivity index (χ3v) is 6.29. The number of piperazine rings is 1. The first kappa shape index (κ1) is 20.4. The molecule has 0 aromatic heterocycles. The van der Waals surface area contributed by atoms with E-state index in [1.54, 1.807) is 24.3 Å². The van der Waals surface area contributed by atoms with Crippen molar-refractivity contribution in [3.8, 4) is 0 Å². The Hall–Kier alpha value is -2.38. The molecule has 0 saturated carbocycles. The van der Waals surface area contributed by atoms with Crippen LogP contribution in [0.15, 0.2) is 48.5 Å². The molecule has 0 radical (unpaired) electrons. The second kappa shape index (κ2) is 8.32. The molecule has 1 saturated heterocycles. The van der Waals surface area contributed by atoms with Crippen LogP contribution in [0.2, 0.25) is 0 Å². The topological polar surface area (TPSA) is 62.1 Å². The predicted molar refractivity (Wildman–Crippen MR) is 111 cm³/mol. The van der Waals surface area contributed by atoms with Gasteiger partial charge in [0.25, 0.3) is 5.91 Å². The molecule has 2 aromatic rings. The van der Waals surface area contributed by atoms with Crippen molar-refractivity contribution in [1.82, 2.24) is 4.90 Å². The lowest BCUT2D eigenvalue weighted by Gasteiger charge is -2.30. The number of quaternary nitrogens is 1. The highest BCUT2D eigenvalue weighted by molar-refractivity contribution is 7.92. The fourth-order valence-corrected chi connectivity index (χ4v) is 4.19. The maximum absolute atomic E-state index is 12.7. The van der Waals surface area contributed by atoms with Crippen molar-refractivity contribution in [3.63, 3.8) is 0 Å². The molecule has 7 heteroatoms. The second-order valence-electron chi connectivity index (χ2n) is 7.55. The standard InChI is InChI=1S/C21H27N3O3S/c1-17-4-6-18(7-5-17)16-24(28(3,26)27)20-10-8-19(9-11-20)21(25)23-14-12-22(2)13-15-23/h4-11H,12-16H2,1-3H3/p+1. The summed E-state index contributed by atoms with van der Waals surface area (Å²) < 4.78 is 26.1. The number of hydrogen-bond donors (Lipinski definition) is 1. The van der Waals surface area contributed by atoms with Gasteiger partial charge in [-0.15, -0.1) is 0 Å². The number of likely N-dealkylation sites (N-methyl/N-ethyl adjacent to an activating group) is 1. The summed E-state index contributed by atoms with van der Waals surface area (Å²) in [7, 11) is -1.32. The van der Waals surface area contributed by atoms with Crippen molar-refractivity contribution in [3.05, 3.63) is 65.2 Å². The molecular formula is C21H28N3O3S+. The van der Waals surface area contributed by atoms with Gasteiger partial charge in [0.05, 0.1) is 51.7 Å². The van der Waals surface area contributed by atoms with E-state index in [-0.39, 0.29) is 12.5 Å². The number of nitrogens with zero attached hydrogens (tertiary/aromatic N) is 2. The Balaban J connectivity index is 1.78. The van der Waals surface area contributed by atoms with Crippen LogP contribution in [-0.2, 0) is 16.6 Å². The monoisotopic (exact) mass is 402 g/mol. The van der Waals surface area contributed by atoms with Gasteiger partial charge in [0.1, 0.15) is 0 Å². The van der Waals surface area contributed by atoms with Gasteiger partial charge in [0.2, 0.25) is 10.0 Å². The molecule has 0 bridgehead atoms. The van der Waals surface area contributed by atoms with Gasteiger partial charge < -0.3 is 9.80 Å². The molecule has 1 aliphatic rings. The summed E-state index contributed by atoms with van der Waals surface area (Å²) in [5, 5.41) is 0. The summed E-state index contributed by atoms with van der Waals surface area (Å²) in [5.74, 6) is 0.00323. The predicted octanol–water partition coefficient (Wildman–Crippen LogP) is 0.932. The van der Waals surface area contributed by atoms with Gasteiger partial charge in [0.15, 0.2) is 0 Å². The molecular weight excluding hydrogens is 374 g/mol. The summed E-state index contributed by atoms with van der Waals surface area (Å²) in [4.78, 5) is 16.0. The first-order chi connectivity index (χ1) is 13.2. The third-order valence-electron chi connectivity index (χ3n) is 5.15. The van der Waals surface area contributed by atoms with E-state index < -0.39 is 10.0 Å². The van der Waals surface area contributed by atoms with Crippen LogP contribution in [0.4, 0.5) is 5.69 Å². The molecule has 2 aromatic carbocycles. The summed E-state index contributed by atoms with van der Waals surface area (Å²) in [6, 6.07) is 14.7. The maximum Gasteiger partial charge on any atom is 0.254 e. The van der Waals surface area contributed by atoms with Gasteiger partial charge in [-0.2, -0.15) is 0 Å². The number of carbonyl (C=O) groups excluding carboxylic acids is 1. The van der Waals surface area contributed by atoms with Crippen molar-refractivity contribution >= 4 is 21.6 Å². The summed E-state index contributed by atoms with van der Waals surface area (Å²) in [6.07, 6.45) is 1.20. The Morgan fingerprint density at radius 1 is 1.04 bits per heavy atom. The summed E-state index contributed by atoms with van der Waals surface area (Å²) in [6.45, 7) is 5.64. The molecule has 1 fully saturated rings. The Kier molecular flexibility index (Phi) is 6.05. The number of benzene rings is 2. The number of carbonyl (C=O) groups is 1. The quantitative estimate of drug-likeness (QED) is 0.810. The minimum Gasteiger partial charge on any atom is -0.334 e. The number of sulfonamides is 1. The third kappa shape index (κ3) is 4.91. The van der Waals surface area contributed by atoms with E-state index in [1.165, 1.54) is 15.5 Å². The van der Waals surface area contributed by atoms with E-state index in [0.717, 1.165) is 37.3 Å². The van der Waals surface area contributed by atoms with Crippen LogP contribution in [0.3, 0.4) is 0 Å². The average molecular weight is 403 g/mol. The lowest BCUT2D eigenvalue weighted by Crippen LogP contribution is -3.12. The number of anilines is 1. The van der Waals surface area contributed by atoms with Crippen LogP contribution < -0.4 is 9.21 Å². The van der Waals surface area contributed by atoms with Crippen LogP contribution in [0.25, 0.3) is 0 Å². The molecule has 1 N–H and O–H groups in total. The van der Waals surface area contributed by atoms with E-state index >= 15 is 0 Å². The highest BCUT2D eigenvalue weighted by Crippen LogP contribution is 2.22. The zero-order valence-electron chi connectivity index (χ0n) is 16.7. The molecule has 1 heterocycles. The lowest BCUT2D eigenvalue weighted by atomic mass is 10.1. The van der Waals surface area contributed by atoms with Crippen molar-refractivity contribution < 1.29 is 18.1 Å². The SMILES string of the molecule is Cc1ccc(CN(c2ccc(C(=O)N3CC[NH+](C)CC3)cc2)S(C)(=O)=O)cc1. The highest BCUT2D eigenvalue weighted by Gasteiger charge is 2.23. The Bertz CT molecular complexity index is 916. The number of aryl methyl sites for hydroxylation is 1. The summed E-state index contributed by atoms with van der Waals surface area (Å²) >= 11 is 0. The molecule has 0 unspecified atom stereocenters. The zero-order valence-corrected chi connectivity index (χ0v) is 17.5. The van der Waals surface area contributed by atoms with E-state index in [4.69, 9.17) is 0 Å². The van der Waals surface area contributed by atoms with Crippen LogP contribution in [0.5, 0.6) is 0 Å². The van der Waals surface area contributed by atoms with Crippen LogP contribution >= 0.6 is 0 Å². The van der Waals surface area contributed by atoms with Gasteiger partial charge in [0, 0.05) is 5.56 Å². The molecule has 1 aliphatic heterocycles. The Labute approximate surface area is 167 Å². The van der Waals surface area contributed by atoms with Crippen LogP contribution in [-0.4, -0.2) is 58.7 Å². The van der Waals surface area contributed by atoms with Crippen molar-refractivity contribution in [2.24, 2.45) is 0 Å². The van der Waals surface area contributed by atoms with Crippen molar-refractivity contribution in [2.75, 3.05) is 43.8 Å². The summed E-state index contributed by atoms with van der Waals surface area (Å²) in [5.41, 5.74) is 3.19. The van der Waals surface area contributed by atoms with Gasteiger partial charge in [-0.05, 0) is 36.8 Å². The first-order valence-corrected chi connectivity index (χ1v) is 11.3. The molecule has 1 amide bonds. The minimum absolute atomic E-state index is 0.00323. The van der Waals surface area contributed by atoms with Crippen LogP contribution in [0, 0.1) is 6.92 Å². The minimum atomic E-state index is -3.45. The van der Waals surface area contributed by atoms with Crippen LogP contribution in [0.1, 0.15) is 21.5 Å². The number of amides is 1. The molecule has 0 aliphatic carbocycles. The van der Waals surface area contributed by atoms with E-state index in [2.05, 4.69) is 7.05 Å². The number of hydrogen-bond acceptors (Lipinski definition) is 3. The average Bonchev–Trinajstić information content (AvgIpc) is 2.67.